The number of amides is 2. The normalized spacial score (nSPS) is 11.7. The summed E-state index contributed by atoms with van der Waals surface area (Å²) in [5, 5.41) is 18.2. The Morgan fingerprint density at radius 3 is 2.35 bits per heavy atom. The second-order valence-electron chi connectivity index (χ2n) is 9.25. The second kappa shape index (κ2) is 14.6. The van der Waals surface area contributed by atoms with Crippen LogP contribution in [-0.2, 0) is 11.4 Å². The van der Waals surface area contributed by atoms with Crippen molar-refractivity contribution in [2.75, 3.05) is 6.61 Å². The molecule has 3 aromatic carbocycles. The van der Waals surface area contributed by atoms with Crippen LogP contribution in [0.15, 0.2) is 71.8 Å². The van der Waals surface area contributed by atoms with E-state index in [0.717, 1.165) is 5.56 Å². The zero-order chi connectivity index (χ0) is 29.1. The van der Waals surface area contributed by atoms with Crippen LogP contribution in [0, 0.1) is 16.0 Å². The first-order valence-electron chi connectivity index (χ1n) is 12.7. The molecule has 1 unspecified atom stereocenters. The minimum absolute atomic E-state index is 0.00829. The Hall–Kier alpha value is -4.44. The smallest absolute Gasteiger partial charge is 0.269 e. The summed E-state index contributed by atoms with van der Waals surface area (Å²) < 4.78 is 11.6. The number of carbonyl (C=O) groups is 2. The van der Waals surface area contributed by atoms with E-state index >= 15 is 0 Å². The van der Waals surface area contributed by atoms with Crippen LogP contribution in [0.4, 0.5) is 5.69 Å². The van der Waals surface area contributed by atoms with Gasteiger partial charge in [0.05, 0.1) is 17.7 Å². The summed E-state index contributed by atoms with van der Waals surface area (Å²) in [5.74, 6) is 0.293. The first kappa shape index (κ1) is 30.1. The summed E-state index contributed by atoms with van der Waals surface area (Å²) in [4.78, 5) is 35.9. The molecule has 2 amide bonds. The van der Waals surface area contributed by atoms with Crippen molar-refractivity contribution in [2.24, 2.45) is 11.0 Å². The van der Waals surface area contributed by atoms with Gasteiger partial charge >= 0.3 is 0 Å². The molecule has 0 aliphatic heterocycles. The summed E-state index contributed by atoms with van der Waals surface area (Å²) in [6.45, 7) is 6.35. The average Bonchev–Trinajstić information content (AvgIpc) is 2.92. The molecule has 0 spiro atoms. The number of hydrogen-bond donors (Lipinski definition) is 2. The van der Waals surface area contributed by atoms with Gasteiger partial charge in [-0.25, -0.2) is 5.43 Å². The van der Waals surface area contributed by atoms with Gasteiger partial charge in [-0.1, -0.05) is 25.4 Å². The molecular formula is C29H31ClN4O6. The van der Waals surface area contributed by atoms with Crippen molar-refractivity contribution in [3.63, 3.8) is 0 Å². The molecule has 0 saturated carbocycles. The average molecular weight is 567 g/mol. The summed E-state index contributed by atoms with van der Waals surface area (Å²) >= 11 is 5.89. The van der Waals surface area contributed by atoms with Crippen molar-refractivity contribution in [2.45, 2.75) is 39.8 Å². The molecule has 210 valence electrons. The Morgan fingerprint density at radius 1 is 1.02 bits per heavy atom. The highest BCUT2D eigenvalue weighted by atomic mass is 35.5. The Balaban J connectivity index is 1.63. The minimum Gasteiger partial charge on any atom is -0.490 e. The standard InChI is InChI=1S/C29H31ClN4O6/c1-4-39-27-16-21(7-14-26(27)40-18-20-5-12-24(13-6-20)34(37)38)17-31-33-29(36)25(15-19(2)3)32-28(35)22-8-10-23(30)11-9-22/h5-14,16-17,19,25H,4,15,18H2,1-3H3,(H,32,35)(H,33,36). The molecule has 3 rings (SSSR count). The van der Waals surface area contributed by atoms with Gasteiger partial charge in [0.2, 0.25) is 0 Å². The highest BCUT2D eigenvalue weighted by molar-refractivity contribution is 6.30. The number of hydrazone groups is 1. The van der Waals surface area contributed by atoms with E-state index in [-0.39, 0.29) is 24.1 Å². The fourth-order valence-corrected chi connectivity index (χ4v) is 3.79. The summed E-state index contributed by atoms with van der Waals surface area (Å²) in [7, 11) is 0. The van der Waals surface area contributed by atoms with Gasteiger partial charge in [0.1, 0.15) is 12.6 Å². The van der Waals surface area contributed by atoms with Gasteiger partial charge in [-0.2, -0.15) is 5.10 Å². The number of ether oxygens (including phenoxy) is 2. The number of nitro benzene ring substituents is 1. The van der Waals surface area contributed by atoms with E-state index in [2.05, 4.69) is 15.8 Å². The lowest BCUT2D eigenvalue weighted by atomic mass is 10.0. The van der Waals surface area contributed by atoms with Gasteiger partial charge in [-0.05, 0) is 85.0 Å². The quantitative estimate of drug-likeness (QED) is 0.159. The van der Waals surface area contributed by atoms with E-state index in [1.165, 1.54) is 18.3 Å². The first-order valence-corrected chi connectivity index (χ1v) is 13.1. The largest absolute Gasteiger partial charge is 0.490 e. The predicted molar refractivity (Wildman–Crippen MR) is 153 cm³/mol. The van der Waals surface area contributed by atoms with Gasteiger partial charge in [0.15, 0.2) is 11.5 Å². The van der Waals surface area contributed by atoms with E-state index < -0.39 is 16.9 Å². The maximum Gasteiger partial charge on any atom is 0.269 e. The molecule has 0 aliphatic carbocycles. The number of nitro groups is 1. The Morgan fingerprint density at radius 2 is 1.73 bits per heavy atom. The lowest BCUT2D eigenvalue weighted by molar-refractivity contribution is -0.384. The number of nitrogens with zero attached hydrogens (tertiary/aromatic N) is 2. The number of carbonyl (C=O) groups excluding carboxylic acids is 2. The fraction of sp³-hybridized carbons (Fsp3) is 0.276. The monoisotopic (exact) mass is 566 g/mol. The van der Waals surface area contributed by atoms with Crippen LogP contribution in [0.1, 0.15) is 48.7 Å². The van der Waals surface area contributed by atoms with Crippen molar-refractivity contribution < 1.29 is 24.0 Å². The molecular weight excluding hydrogens is 536 g/mol. The molecule has 11 heteroatoms. The van der Waals surface area contributed by atoms with Crippen LogP contribution in [0.5, 0.6) is 11.5 Å². The van der Waals surface area contributed by atoms with E-state index in [4.69, 9.17) is 21.1 Å². The van der Waals surface area contributed by atoms with Crippen molar-refractivity contribution in [1.82, 2.24) is 10.7 Å². The maximum absolute atomic E-state index is 12.8. The second-order valence-corrected chi connectivity index (χ2v) is 9.68. The number of hydrogen-bond acceptors (Lipinski definition) is 7. The molecule has 0 radical (unpaired) electrons. The lowest BCUT2D eigenvalue weighted by Crippen LogP contribution is -2.46. The summed E-state index contributed by atoms with van der Waals surface area (Å²) in [5.41, 5.74) is 4.32. The third-order valence-corrected chi connectivity index (χ3v) is 5.88. The molecule has 40 heavy (non-hydrogen) atoms. The zero-order valence-corrected chi connectivity index (χ0v) is 23.2. The van der Waals surface area contributed by atoms with E-state index in [1.54, 1.807) is 54.6 Å². The number of benzene rings is 3. The van der Waals surface area contributed by atoms with Crippen LogP contribution in [0.25, 0.3) is 0 Å². The molecule has 2 N–H and O–H groups in total. The minimum atomic E-state index is -0.783. The third kappa shape index (κ3) is 9.09. The molecule has 0 aromatic heterocycles. The van der Waals surface area contributed by atoms with Crippen molar-refractivity contribution in [3.8, 4) is 11.5 Å². The van der Waals surface area contributed by atoms with Crippen molar-refractivity contribution in [3.05, 3.63) is 98.6 Å². The maximum atomic E-state index is 12.8. The van der Waals surface area contributed by atoms with Crippen molar-refractivity contribution >= 4 is 35.3 Å². The summed E-state index contributed by atoms with van der Waals surface area (Å²) in [6.07, 6.45) is 1.89. The summed E-state index contributed by atoms with van der Waals surface area (Å²) in [6, 6.07) is 16.9. The van der Waals surface area contributed by atoms with E-state index in [9.17, 15) is 19.7 Å². The molecule has 0 bridgehead atoms. The number of non-ortho nitro benzene ring substituents is 1. The molecule has 0 fully saturated rings. The molecule has 1 atom stereocenters. The van der Waals surface area contributed by atoms with Crippen molar-refractivity contribution in [1.29, 1.82) is 0 Å². The highest BCUT2D eigenvalue weighted by Gasteiger charge is 2.22. The topological polar surface area (TPSA) is 132 Å². The predicted octanol–water partition coefficient (Wildman–Crippen LogP) is 5.52. The molecule has 0 aliphatic rings. The number of nitrogens with one attached hydrogen (secondary N) is 2. The van der Waals surface area contributed by atoms with Gasteiger partial charge in [0.25, 0.3) is 17.5 Å². The fourth-order valence-electron chi connectivity index (χ4n) is 3.66. The molecule has 10 nitrogen and oxygen atoms in total. The van der Waals surface area contributed by atoms with Gasteiger partial charge < -0.3 is 14.8 Å². The van der Waals surface area contributed by atoms with Crippen LogP contribution in [-0.4, -0.2) is 35.6 Å². The molecule has 0 saturated heterocycles. The zero-order valence-electron chi connectivity index (χ0n) is 22.4. The SMILES string of the molecule is CCOc1cc(C=NNC(=O)C(CC(C)C)NC(=O)c2ccc(Cl)cc2)ccc1OCc1ccc([N+](=O)[O-])cc1. The van der Waals surface area contributed by atoms with Crippen LogP contribution in [0.3, 0.4) is 0 Å². The molecule has 3 aromatic rings. The van der Waals surface area contributed by atoms with Gasteiger partial charge in [-0.15, -0.1) is 0 Å². The van der Waals surface area contributed by atoms with E-state index in [1.807, 2.05) is 20.8 Å². The van der Waals surface area contributed by atoms with Crippen LogP contribution in [0.2, 0.25) is 5.02 Å². The lowest BCUT2D eigenvalue weighted by Gasteiger charge is -2.19. The molecule has 0 heterocycles. The van der Waals surface area contributed by atoms with Gasteiger partial charge in [0, 0.05) is 22.7 Å². The highest BCUT2D eigenvalue weighted by Crippen LogP contribution is 2.29. The third-order valence-electron chi connectivity index (χ3n) is 5.63. The Kier molecular flexibility index (Phi) is 11.0. The first-order chi connectivity index (χ1) is 19.2. The van der Waals surface area contributed by atoms with E-state index in [0.29, 0.717) is 40.7 Å². The Labute approximate surface area is 237 Å². The number of rotatable bonds is 13. The number of halogens is 1. The van der Waals surface area contributed by atoms with Crippen LogP contribution >= 0.6 is 11.6 Å². The van der Waals surface area contributed by atoms with Crippen LogP contribution < -0.4 is 20.2 Å². The Bertz CT molecular complexity index is 1340. The van der Waals surface area contributed by atoms with Gasteiger partial charge in [-0.3, -0.25) is 19.7 Å².